The summed E-state index contributed by atoms with van der Waals surface area (Å²) in [5.41, 5.74) is 0. The SMILES string of the molecule is CCCCCCCCCCCC(=O)N(CCO)CCC(=O)O.[NaH]. The Morgan fingerprint density at radius 3 is 1.83 bits per heavy atom. The molecule has 0 aromatic rings. The molecule has 0 fully saturated rings. The van der Waals surface area contributed by atoms with Crippen molar-refractivity contribution < 1.29 is 19.8 Å². The molecule has 0 heterocycles. The molecule has 0 aromatic heterocycles. The molecule has 0 aliphatic rings. The second kappa shape index (κ2) is 18.2. The summed E-state index contributed by atoms with van der Waals surface area (Å²) in [5, 5.41) is 17.6. The van der Waals surface area contributed by atoms with Crippen LogP contribution in [0.1, 0.15) is 77.6 Å². The van der Waals surface area contributed by atoms with Gasteiger partial charge in [-0.3, -0.25) is 9.59 Å². The molecule has 0 unspecified atom stereocenters. The van der Waals surface area contributed by atoms with E-state index in [0.29, 0.717) is 6.42 Å². The van der Waals surface area contributed by atoms with Crippen LogP contribution in [0.2, 0.25) is 0 Å². The van der Waals surface area contributed by atoms with E-state index in [1.807, 2.05) is 0 Å². The van der Waals surface area contributed by atoms with Crippen molar-refractivity contribution in [3.05, 3.63) is 0 Å². The van der Waals surface area contributed by atoms with E-state index in [9.17, 15) is 9.59 Å². The van der Waals surface area contributed by atoms with E-state index in [2.05, 4.69) is 6.92 Å². The topological polar surface area (TPSA) is 77.8 Å². The molecule has 0 saturated carbocycles. The second-order valence-corrected chi connectivity index (χ2v) is 5.83. The van der Waals surface area contributed by atoms with E-state index in [0.717, 1.165) is 19.3 Å². The van der Waals surface area contributed by atoms with Gasteiger partial charge in [0.1, 0.15) is 0 Å². The average Bonchev–Trinajstić information content (AvgIpc) is 2.49. The van der Waals surface area contributed by atoms with Crippen molar-refractivity contribution in [3.63, 3.8) is 0 Å². The molecule has 0 radical (unpaired) electrons. The van der Waals surface area contributed by atoms with E-state index >= 15 is 0 Å². The van der Waals surface area contributed by atoms with E-state index < -0.39 is 5.97 Å². The summed E-state index contributed by atoms with van der Waals surface area (Å²) in [7, 11) is 0. The predicted octanol–water partition coefficient (Wildman–Crippen LogP) is 2.55. The van der Waals surface area contributed by atoms with Crippen molar-refractivity contribution in [2.24, 2.45) is 0 Å². The first kappa shape index (κ1) is 25.1. The molecule has 132 valence electrons. The molecule has 0 aliphatic heterocycles. The van der Waals surface area contributed by atoms with Crippen LogP contribution in [0.15, 0.2) is 0 Å². The molecule has 23 heavy (non-hydrogen) atoms. The minimum absolute atomic E-state index is 0. The van der Waals surface area contributed by atoms with Crippen molar-refractivity contribution in [1.82, 2.24) is 4.90 Å². The zero-order valence-corrected chi connectivity index (χ0v) is 14.1. The average molecular weight is 339 g/mol. The normalized spacial score (nSPS) is 10.2. The monoisotopic (exact) mass is 339 g/mol. The number of hydrogen-bond donors (Lipinski definition) is 2. The standard InChI is InChI=1S/C17H33NO4.Na.H/c1-2-3-4-5-6-7-8-9-10-11-16(20)18(14-15-19)13-12-17(21)22;;/h19H,2-15H2,1H3,(H,21,22);;. The summed E-state index contributed by atoms with van der Waals surface area (Å²) in [6.07, 6.45) is 11.2. The van der Waals surface area contributed by atoms with Gasteiger partial charge < -0.3 is 15.1 Å². The summed E-state index contributed by atoms with van der Waals surface area (Å²) >= 11 is 0. The van der Waals surface area contributed by atoms with Crippen molar-refractivity contribution in [3.8, 4) is 0 Å². The zero-order valence-electron chi connectivity index (χ0n) is 14.1. The molecule has 0 saturated heterocycles. The fraction of sp³-hybridized carbons (Fsp3) is 0.882. The van der Waals surface area contributed by atoms with Gasteiger partial charge >= 0.3 is 35.5 Å². The summed E-state index contributed by atoms with van der Waals surface area (Å²) in [5.74, 6) is -0.961. The molecule has 2 N–H and O–H groups in total. The Kier molecular flexibility index (Phi) is 19.9. The third-order valence-corrected chi connectivity index (χ3v) is 3.81. The Bertz CT molecular complexity index is 300. The number of carboxylic acids is 1. The molecule has 0 atom stereocenters. The Labute approximate surface area is 163 Å². The number of carbonyl (C=O) groups excluding carboxylic acids is 1. The number of carboxylic acid groups (broad SMARTS) is 1. The van der Waals surface area contributed by atoms with Gasteiger partial charge in [0.15, 0.2) is 0 Å². The molecule has 6 heteroatoms. The first-order valence-electron chi connectivity index (χ1n) is 8.72. The van der Waals surface area contributed by atoms with Crippen LogP contribution >= 0.6 is 0 Å². The van der Waals surface area contributed by atoms with Gasteiger partial charge in [-0.1, -0.05) is 58.3 Å². The van der Waals surface area contributed by atoms with E-state index in [1.165, 1.54) is 43.4 Å². The molecule has 0 aromatic carbocycles. The number of rotatable bonds is 15. The maximum absolute atomic E-state index is 12.0. The summed E-state index contributed by atoms with van der Waals surface area (Å²) in [6, 6.07) is 0. The molecule has 0 bridgehead atoms. The van der Waals surface area contributed by atoms with Crippen molar-refractivity contribution >= 4 is 41.4 Å². The van der Waals surface area contributed by atoms with Gasteiger partial charge in [-0.15, -0.1) is 0 Å². The molecular weight excluding hydrogens is 305 g/mol. The number of carbonyl (C=O) groups is 2. The van der Waals surface area contributed by atoms with Crippen LogP contribution in [0.25, 0.3) is 0 Å². The number of aliphatic hydroxyl groups is 1. The van der Waals surface area contributed by atoms with Crippen LogP contribution < -0.4 is 0 Å². The molecule has 1 amide bonds. The summed E-state index contributed by atoms with van der Waals surface area (Å²) < 4.78 is 0. The third-order valence-electron chi connectivity index (χ3n) is 3.81. The van der Waals surface area contributed by atoms with Gasteiger partial charge in [-0.2, -0.15) is 0 Å². The first-order chi connectivity index (χ1) is 10.6. The van der Waals surface area contributed by atoms with E-state index in [-0.39, 0.29) is 61.6 Å². The van der Waals surface area contributed by atoms with Crippen LogP contribution in [0.4, 0.5) is 0 Å². The molecule has 0 spiro atoms. The Morgan fingerprint density at radius 2 is 1.35 bits per heavy atom. The quantitative estimate of drug-likeness (QED) is 0.355. The van der Waals surface area contributed by atoms with Crippen molar-refractivity contribution in [2.75, 3.05) is 19.7 Å². The molecule has 0 rings (SSSR count). The fourth-order valence-corrected chi connectivity index (χ4v) is 2.46. The van der Waals surface area contributed by atoms with Gasteiger partial charge in [0.05, 0.1) is 13.0 Å². The molecular formula is C17H34NNaO4. The molecule has 5 nitrogen and oxygen atoms in total. The number of amides is 1. The van der Waals surface area contributed by atoms with Gasteiger partial charge in [0, 0.05) is 19.5 Å². The van der Waals surface area contributed by atoms with Gasteiger partial charge in [0.2, 0.25) is 5.91 Å². The number of hydrogen-bond acceptors (Lipinski definition) is 3. The Hall–Kier alpha value is -0.100. The van der Waals surface area contributed by atoms with Crippen LogP contribution in [0, 0.1) is 0 Å². The van der Waals surface area contributed by atoms with Crippen LogP contribution in [0.3, 0.4) is 0 Å². The maximum atomic E-state index is 12.0. The fourth-order valence-electron chi connectivity index (χ4n) is 2.46. The minimum atomic E-state index is -0.918. The van der Waals surface area contributed by atoms with E-state index in [1.54, 1.807) is 0 Å². The number of aliphatic carboxylic acids is 1. The van der Waals surface area contributed by atoms with Crippen molar-refractivity contribution in [2.45, 2.75) is 77.6 Å². The van der Waals surface area contributed by atoms with E-state index in [4.69, 9.17) is 10.2 Å². The number of aliphatic hydroxyl groups excluding tert-OH is 1. The number of unbranched alkanes of at least 4 members (excludes halogenated alkanes) is 8. The zero-order chi connectivity index (χ0) is 16.6. The first-order valence-corrected chi connectivity index (χ1v) is 8.72. The summed E-state index contributed by atoms with van der Waals surface area (Å²) in [4.78, 5) is 24.0. The van der Waals surface area contributed by atoms with Gasteiger partial charge in [-0.05, 0) is 6.42 Å². The second-order valence-electron chi connectivity index (χ2n) is 5.83. The predicted molar refractivity (Wildman–Crippen MR) is 94.9 cm³/mol. The van der Waals surface area contributed by atoms with Crippen LogP contribution in [0.5, 0.6) is 0 Å². The summed E-state index contributed by atoms with van der Waals surface area (Å²) in [6.45, 7) is 2.51. The van der Waals surface area contributed by atoms with Gasteiger partial charge in [-0.25, -0.2) is 0 Å². The van der Waals surface area contributed by atoms with Crippen molar-refractivity contribution in [1.29, 1.82) is 0 Å². The molecule has 0 aliphatic carbocycles. The number of nitrogens with zero attached hydrogens (tertiary/aromatic N) is 1. The Balaban J connectivity index is 0. The van der Waals surface area contributed by atoms with Crippen LogP contribution in [-0.4, -0.2) is 76.2 Å². The van der Waals surface area contributed by atoms with Gasteiger partial charge in [0.25, 0.3) is 0 Å². The van der Waals surface area contributed by atoms with Crippen LogP contribution in [-0.2, 0) is 9.59 Å². The third kappa shape index (κ3) is 16.5. The Morgan fingerprint density at radius 1 is 0.826 bits per heavy atom.